The van der Waals surface area contributed by atoms with Gasteiger partial charge in [0.2, 0.25) is 0 Å². The van der Waals surface area contributed by atoms with Gasteiger partial charge in [0.1, 0.15) is 0 Å². The number of ketones is 1. The number of halogens is 1. The summed E-state index contributed by atoms with van der Waals surface area (Å²) in [5, 5.41) is 0.464. The number of carbonyl (C=O) groups is 2. The average molecular weight is 250 g/mol. The summed E-state index contributed by atoms with van der Waals surface area (Å²) in [6.07, 6.45) is 0.682. The molecule has 0 saturated carbocycles. The number of Topliss-reactive ketones (excluding diaryl/α,β-unsaturated/α-hetero) is 1. The molecule has 0 saturated heterocycles. The van der Waals surface area contributed by atoms with Gasteiger partial charge >= 0.3 is 0 Å². The number of rotatable bonds is 3. The number of hydrogen-bond acceptors (Lipinski definition) is 2. The molecule has 0 unspecified atom stereocenters. The maximum atomic E-state index is 11.8. The summed E-state index contributed by atoms with van der Waals surface area (Å²) < 4.78 is 0. The summed E-state index contributed by atoms with van der Waals surface area (Å²) in [7, 11) is 0. The van der Waals surface area contributed by atoms with Gasteiger partial charge in [-0.05, 0) is 31.5 Å². The molecule has 1 heterocycles. The molecule has 0 spiro atoms. The lowest BCUT2D eigenvalue weighted by atomic mass is 10.1. The van der Waals surface area contributed by atoms with E-state index in [9.17, 15) is 9.59 Å². The van der Waals surface area contributed by atoms with E-state index in [1.165, 1.54) is 11.0 Å². The molecule has 88 valence electrons. The normalized spacial score (nSPS) is 14.1. The number of fused-ring (bicyclic) bond motifs is 1. The van der Waals surface area contributed by atoms with E-state index in [1.54, 1.807) is 12.1 Å². The summed E-state index contributed by atoms with van der Waals surface area (Å²) in [5.74, 6) is -0.965. The van der Waals surface area contributed by atoms with Crippen molar-refractivity contribution in [3.63, 3.8) is 0 Å². The third-order valence-corrected chi connectivity index (χ3v) is 2.93. The highest BCUT2D eigenvalue weighted by Gasteiger charge is 2.35. The number of anilines is 1. The second kappa shape index (κ2) is 4.34. The SMILES string of the molecule is C=C(C)CCN1C(=O)C(=O)c2cc(Cl)ccc21. The summed E-state index contributed by atoms with van der Waals surface area (Å²) >= 11 is 5.82. The van der Waals surface area contributed by atoms with E-state index in [0.717, 1.165) is 5.57 Å². The Morgan fingerprint density at radius 2 is 2.12 bits per heavy atom. The number of hydrogen-bond donors (Lipinski definition) is 0. The van der Waals surface area contributed by atoms with Crippen LogP contribution in [0.3, 0.4) is 0 Å². The zero-order valence-electron chi connectivity index (χ0n) is 9.50. The highest BCUT2D eigenvalue weighted by atomic mass is 35.5. The van der Waals surface area contributed by atoms with Crippen LogP contribution in [0.2, 0.25) is 5.02 Å². The van der Waals surface area contributed by atoms with Crippen molar-refractivity contribution >= 4 is 29.0 Å². The van der Waals surface area contributed by atoms with Crippen molar-refractivity contribution in [1.82, 2.24) is 0 Å². The Labute approximate surface area is 105 Å². The lowest BCUT2D eigenvalue weighted by Crippen LogP contribution is -2.30. The van der Waals surface area contributed by atoms with E-state index in [2.05, 4.69) is 6.58 Å². The lowest BCUT2D eigenvalue weighted by molar-refractivity contribution is -0.114. The molecule has 4 heteroatoms. The quantitative estimate of drug-likeness (QED) is 0.610. The maximum Gasteiger partial charge on any atom is 0.299 e. The van der Waals surface area contributed by atoms with E-state index < -0.39 is 11.7 Å². The van der Waals surface area contributed by atoms with Gasteiger partial charge in [0.05, 0.1) is 11.3 Å². The fraction of sp³-hybridized carbons (Fsp3) is 0.231. The second-order valence-corrected chi connectivity index (χ2v) is 4.59. The molecule has 1 aromatic carbocycles. The fourth-order valence-corrected chi connectivity index (χ4v) is 1.97. The Morgan fingerprint density at radius 3 is 2.76 bits per heavy atom. The van der Waals surface area contributed by atoms with Crippen LogP contribution in [0.4, 0.5) is 5.69 Å². The van der Waals surface area contributed by atoms with Gasteiger partial charge in [0, 0.05) is 11.6 Å². The third-order valence-electron chi connectivity index (χ3n) is 2.70. The minimum atomic E-state index is -0.483. The smallest absolute Gasteiger partial charge is 0.299 e. The van der Waals surface area contributed by atoms with Gasteiger partial charge in [-0.25, -0.2) is 0 Å². The second-order valence-electron chi connectivity index (χ2n) is 4.15. The first-order chi connectivity index (χ1) is 8.00. The van der Waals surface area contributed by atoms with E-state index in [1.807, 2.05) is 6.92 Å². The van der Waals surface area contributed by atoms with E-state index >= 15 is 0 Å². The first kappa shape index (κ1) is 11.9. The van der Waals surface area contributed by atoms with Gasteiger partial charge in [0.15, 0.2) is 0 Å². The van der Waals surface area contributed by atoms with E-state index in [4.69, 9.17) is 11.6 Å². The molecular formula is C13H12ClNO2. The molecule has 1 aliphatic heterocycles. The van der Waals surface area contributed by atoms with Crippen LogP contribution in [0.25, 0.3) is 0 Å². The molecule has 2 rings (SSSR count). The molecule has 0 radical (unpaired) electrons. The van der Waals surface area contributed by atoms with Crippen molar-refractivity contribution in [1.29, 1.82) is 0 Å². The summed E-state index contributed by atoms with van der Waals surface area (Å²) in [5.41, 5.74) is 2.02. The van der Waals surface area contributed by atoms with Gasteiger partial charge in [-0.3, -0.25) is 9.59 Å². The van der Waals surface area contributed by atoms with Crippen LogP contribution in [0.1, 0.15) is 23.7 Å². The molecule has 0 bridgehead atoms. The van der Waals surface area contributed by atoms with Crippen LogP contribution in [-0.4, -0.2) is 18.2 Å². The van der Waals surface area contributed by atoms with Crippen LogP contribution in [0.5, 0.6) is 0 Å². The Kier molecular flexibility index (Phi) is 3.03. The highest BCUT2D eigenvalue weighted by molar-refractivity contribution is 6.52. The van der Waals surface area contributed by atoms with Crippen molar-refractivity contribution in [2.45, 2.75) is 13.3 Å². The summed E-state index contributed by atoms with van der Waals surface area (Å²) in [4.78, 5) is 25.0. The van der Waals surface area contributed by atoms with Crippen LogP contribution in [-0.2, 0) is 4.79 Å². The Morgan fingerprint density at radius 1 is 1.41 bits per heavy atom. The molecule has 0 N–H and O–H groups in total. The van der Waals surface area contributed by atoms with Crippen molar-refractivity contribution in [2.24, 2.45) is 0 Å². The van der Waals surface area contributed by atoms with Gasteiger partial charge in [0.25, 0.3) is 11.7 Å². The molecule has 1 amide bonds. The molecular weight excluding hydrogens is 238 g/mol. The van der Waals surface area contributed by atoms with Crippen LogP contribution >= 0.6 is 11.6 Å². The van der Waals surface area contributed by atoms with Crippen LogP contribution in [0.15, 0.2) is 30.4 Å². The van der Waals surface area contributed by atoms with Crippen molar-refractivity contribution in [3.8, 4) is 0 Å². The van der Waals surface area contributed by atoms with E-state index in [0.29, 0.717) is 29.2 Å². The summed E-state index contributed by atoms with van der Waals surface area (Å²) in [6, 6.07) is 4.93. The van der Waals surface area contributed by atoms with Crippen LogP contribution in [0, 0.1) is 0 Å². The number of amides is 1. The predicted octanol–water partition coefficient (Wildman–Crippen LogP) is 2.84. The molecule has 0 atom stereocenters. The zero-order chi connectivity index (χ0) is 12.6. The summed E-state index contributed by atoms with van der Waals surface area (Å²) in [6.45, 7) is 6.16. The standard InChI is InChI=1S/C13H12ClNO2/c1-8(2)5-6-15-11-4-3-9(14)7-10(11)12(16)13(15)17/h3-4,7H,1,5-6H2,2H3. The maximum absolute atomic E-state index is 11.8. The minimum absolute atomic E-state index is 0.393. The van der Waals surface area contributed by atoms with Gasteiger partial charge in [-0.1, -0.05) is 17.2 Å². The Hall–Kier alpha value is -1.61. The number of benzene rings is 1. The molecule has 0 fully saturated rings. The topological polar surface area (TPSA) is 37.4 Å². The first-order valence-electron chi connectivity index (χ1n) is 5.31. The van der Waals surface area contributed by atoms with E-state index in [-0.39, 0.29) is 0 Å². The van der Waals surface area contributed by atoms with Gasteiger partial charge < -0.3 is 4.90 Å². The van der Waals surface area contributed by atoms with Gasteiger partial charge in [-0.2, -0.15) is 0 Å². The van der Waals surface area contributed by atoms with Crippen molar-refractivity contribution < 1.29 is 9.59 Å². The van der Waals surface area contributed by atoms with Crippen molar-refractivity contribution in [2.75, 3.05) is 11.4 Å². The Balaban J connectivity index is 2.34. The molecule has 1 aliphatic rings. The monoisotopic (exact) mass is 249 g/mol. The lowest BCUT2D eigenvalue weighted by Gasteiger charge is -2.16. The predicted molar refractivity (Wildman–Crippen MR) is 67.6 cm³/mol. The molecule has 3 nitrogen and oxygen atoms in total. The third kappa shape index (κ3) is 2.11. The Bertz CT molecular complexity index is 522. The first-order valence-corrected chi connectivity index (χ1v) is 5.68. The van der Waals surface area contributed by atoms with Crippen molar-refractivity contribution in [3.05, 3.63) is 40.9 Å². The highest BCUT2D eigenvalue weighted by Crippen LogP contribution is 2.31. The fourth-order valence-electron chi connectivity index (χ4n) is 1.80. The zero-order valence-corrected chi connectivity index (χ0v) is 10.3. The average Bonchev–Trinajstić information content (AvgIpc) is 2.50. The largest absolute Gasteiger partial charge is 0.304 e. The molecule has 1 aromatic rings. The minimum Gasteiger partial charge on any atom is -0.304 e. The molecule has 0 aliphatic carbocycles. The van der Waals surface area contributed by atoms with Gasteiger partial charge in [-0.15, -0.1) is 6.58 Å². The van der Waals surface area contributed by atoms with Crippen LogP contribution < -0.4 is 4.90 Å². The number of carbonyl (C=O) groups excluding carboxylic acids is 2. The molecule has 0 aromatic heterocycles. The molecule has 17 heavy (non-hydrogen) atoms. The number of nitrogens with zero attached hydrogens (tertiary/aromatic N) is 1.